The van der Waals surface area contributed by atoms with Crippen molar-refractivity contribution in [1.29, 1.82) is 0 Å². The van der Waals surface area contributed by atoms with Gasteiger partial charge in [-0.05, 0) is 146 Å². The molecule has 0 spiro atoms. The molecule has 0 radical (unpaired) electrons. The maximum absolute atomic E-state index is 14.1. The standard InChI is InChI=1S/C51H41BF2N4O2/c1-50(2)51(3,4)60-52(59-50)46-33-44(31-32-45(46)49-56-47(38-15-23-40(53)24-16-38)55-48(57-49)39-17-25-41(54)26-18-39)58(42-27-19-36(20-28-42)34-11-7-5-8-12-34)43-29-21-37(22-30-43)35-13-9-6-10-14-35/h5-33H,1-4H3. The minimum atomic E-state index is -0.798. The summed E-state index contributed by atoms with van der Waals surface area (Å²) in [6, 6.07) is 55.8. The third-order valence-corrected chi connectivity index (χ3v) is 11.3. The Morgan fingerprint density at radius 3 is 1.22 bits per heavy atom. The molecule has 9 rings (SSSR count). The predicted molar refractivity (Wildman–Crippen MR) is 237 cm³/mol. The number of benzene rings is 7. The average Bonchev–Trinajstić information content (AvgIpc) is 3.50. The van der Waals surface area contributed by atoms with Crippen molar-refractivity contribution in [3.63, 3.8) is 0 Å². The van der Waals surface area contributed by atoms with E-state index in [1.165, 1.54) is 24.3 Å². The molecule has 0 bridgehead atoms. The molecular formula is C51H41BF2N4O2. The van der Waals surface area contributed by atoms with Gasteiger partial charge in [0.05, 0.1) is 11.2 Å². The van der Waals surface area contributed by atoms with Gasteiger partial charge in [-0.3, -0.25) is 0 Å². The summed E-state index contributed by atoms with van der Waals surface area (Å²) in [6.07, 6.45) is 0. The van der Waals surface area contributed by atoms with Crippen LogP contribution in [0.3, 0.4) is 0 Å². The van der Waals surface area contributed by atoms with E-state index in [0.717, 1.165) is 39.3 Å². The molecule has 0 amide bonds. The zero-order valence-corrected chi connectivity index (χ0v) is 33.7. The smallest absolute Gasteiger partial charge is 0.399 e. The molecule has 2 heterocycles. The van der Waals surface area contributed by atoms with Crippen molar-refractivity contribution in [3.8, 4) is 56.4 Å². The molecule has 0 atom stereocenters. The average molecular weight is 791 g/mol. The summed E-state index contributed by atoms with van der Waals surface area (Å²) in [7, 11) is -0.798. The van der Waals surface area contributed by atoms with Crippen LogP contribution < -0.4 is 10.4 Å². The van der Waals surface area contributed by atoms with Crippen molar-refractivity contribution in [1.82, 2.24) is 15.0 Å². The largest absolute Gasteiger partial charge is 0.495 e. The van der Waals surface area contributed by atoms with Crippen LogP contribution in [0, 0.1) is 11.6 Å². The predicted octanol–water partition coefficient (Wildman–Crippen LogP) is 12.3. The minimum absolute atomic E-state index is 0.335. The highest BCUT2D eigenvalue weighted by atomic mass is 19.1. The molecule has 1 aliphatic heterocycles. The topological polar surface area (TPSA) is 60.4 Å². The summed E-state index contributed by atoms with van der Waals surface area (Å²) in [6.45, 7) is 8.09. The maximum atomic E-state index is 14.1. The van der Waals surface area contributed by atoms with Gasteiger partial charge in [0.2, 0.25) is 0 Å². The molecule has 1 aliphatic rings. The first-order chi connectivity index (χ1) is 29.0. The maximum Gasteiger partial charge on any atom is 0.495 e. The van der Waals surface area contributed by atoms with Gasteiger partial charge >= 0.3 is 7.12 Å². The highest BCUT2D eigenvalue weighted by Crippen LogP contribution is 2.41. The van der Waals surface area contributed by atoms with Crippen molar-refractivity contribution in [2.45, 2.75) is 38.9 Å². The first-order valence-electron chi connectivity index (χ1n) is 19.9. The molecule has 1 fully saturated rings. The van der Waals surface area contributed by atoms with Crippen LogP contribution in [0.5, 0.6) is 0 Å². The van der Waals surface area contributed by atoms with E-state index in [2.05, 4.69) is 83.8 Å². The van der Waals surface area contributed by atoms with E-state index in [0.29, 0.717) is 39.6 Å². The zero-order valence-electron chi connectivity index (χ0n) is 33.7. The number of halogens is 2. The molecule has 1 aromatic heterocycles. The van der Waals surface area contributed by atoms with Crippen LogP contribution in [-0.2, 0) is 9.31 Å². The lowest BCUT2D eigenvalue weighted by atomic mass is 9.75. The van der Waals surface area contributed by atoms with Crippen molar-refractivity contribution in [3.05, 3.63) is 188 Å². The SMILES string of the molecule is CC1(C)OB(c2cc(N(c3ccc(-c4ccccc4)cc3)c3ccc(-c4ccccc4)cc3)ccc2-c2nc(-c3ccc(F)cc3)nc(-c3ccc(F)cc3)n2)OC1(C)C. The lowest BCUT2D eigenvalue weighted by Gasteiger charge is -2.32. The fourth-order valence-corrected chi connectivity index (χ4v) is 7.32. The van der Waals surface area contributed by atoms with Crippen LogP contribution in [0.15, 0.2) is 176 Å². The molecule has 60 heavy (non-hydrogen) atoms. The molecule has 7 aromatic carbocycles. The first kappa shape index (κ1) is 38.7. The normalized spacial score (nSPS) is 14.3. The second kappa shape index (κ2) is 15.8. The van der Waals surface area contributed by atoms with Crippen LogP contribution in [0.1, 0.15) is 27.7 Å². The minimum Gasteiger partial charge on any atom is -0.399 e. The number of anilines is 3. The van der Waals surface area contributed by atoms with Gasteiger partial charge in [-0.25, -0.2) is 23.7 Å². The summed E-state index contributed by atoms with van der Waals surface area (Å²) in [4.78, 5) is 16.9. The summed E-state index contributed by atoms with van der Waals surface area (Å²) < 4.78 is 41.7. The lowest BCUT2D eigenvalue weighted by Crippen LogP contribution is -2.41. The van der Waals surface area contributed by atoms with Gasteiger partial charge in [0.1, 0.15) is 11.6 Å². The van der Waals surface area contributed by atoms with Crippen molar-refractivity contribution >= 4 is 29.6 Å². The molecule has 6 nitrogen and oxygen atoms in total. The quantitative estimate of drug-likeness (QED) is 0.136. The Balaban J connectivity index is 1.22. The third-order valence-electron chi connectivity index (χ3n) is 11.3. The van der Waals surface area contributed by atoms with Crippen molar-refractivity contribution in [2.24, 2.45) is 0 Å². The Kier molecular flexibility index (Phi) is 10.2. The number of hydrogen-bond donors (Lipinski definition) is 0. The van der Waals surface area contributed by atoms with E-state index in [1.807, 2.05) is 76.2 Å². The molecule has 9 heteroatoms. The van der Waals surface area contributed by atoms with E-state index in [9.17, 15) is 8.78 Å². The monoisotopic (exact) mass is 790 g/mol. The fourth-order valence-electron chi connectivity index (χ4n) is 7.32. The summed E-state index contributed by atoms with van der Waals surface area (Å²) >= 11 is 0. The van der Waals surface area contributed by atoms with Gasteiger partial charge in [-0.15, -0.1) is 0 Å². The van der Waals surface area contributed by atoms with Gasteiger partial charge in [-0.1, -0.05) is 84.9 Å². The lowest BCUT2D eigenvalue weighted by molar-refractivity contribution is 0.00578. The number of hydrogen-bond acceptors (Lipinski definition) is 6. The van der Waals surface area contributed by atoms with E-state index in [4.69, 9.17) is 24.3 Å². The van der Waals surface area contributed by atoms with E-state index < -0.39 is 18.3 Å². The zero-order chi connectivity index (χ0) is 41.4. The summed E-state index contributed by atoms with van der Waals surface area (Å²) in [5, 5.41) is 0. The van der Waals surface area contributed by atoms with Gasteiger partial charge in [0.15, 0.2) is 17.5 Å². The molecule has 0 N–H and O–H groups in total. The van der Waals surface area contributed by atoms with E-state index >= 15 is 0 Å². The second-order valence-electron chi connectivity index (χ2n) is 15.8. The molecule has 0 aliphatic carbocycles. The van der Waals surface area contributed by atoms with Gasteiger partial charge < -0.3 is 14.2 Å². The Hall–Kier alpha value is -6.81. The van der Waals surface area contributed by atoms with E-state index in [-0.39, 0.29) is 11.6 Å². The Bertz CT molecular complexity index is 2600. The van der Waals surface area contributed by atoms with Gasteiger partial charge in [0, 0.05) is 33.8 Å². The number of aromatic nitrogens is 3. The van der Waals surface area contributed by atoms with Gasteiger partial charge in [-0.2, -0.15) is 0 Å². The Morgan fingerprint density at radius 1 is 0.417 bits per heavy atom. The fraction of sp³-hybridized carbons (Fsp3) is 0.118. The van der Waals surface area contributed by atoms with Crippen molar-refractivity contribution < 1.29 is 18.1 Å². The molecule has 0 unspecified atom stereocenters. The number of nitrogens with zero attached hydrogens (tertiary/aromatic N) is 4. The summed E-state index contributed by atoms with van der Waals surface area (Å²) in [5.41, 5.74) is 8.50. The molecule has 0 saturated carbocycles. The summed E-state index contributed by atoms with van der Waals surface area (Å²) in [5.74, 6) is 0.272. The van der Waals surface area contributed by atoms with Crippen LogP contribution in [0.4, 0.5) is 25.8 Å². The van der Waals surface area contributed by atoms with Crippen LogP contribution in [0.25, 0.3) is 56.4 Å². The van der Waals surface area contributed by atoms with Gasteiger partial charge in [0.25, 0.3) is 0 Å². The first-order valence-corrected chi connectivity index (χ1v) is 19.9. The highest BCUT2D eigenvalue weighted by Gasteiger charge is 2.52. The van der Waals surface area contributed by atoms with Crippen LogP contribution in [-0.4, -0.2) is 33.3 Å². The van der Waals surface area contributed by atoms with E-state index in [1.54, 1.807) is 24.3 Å². The highest BCUT2D eigenvalue weighted by molar-refractivity contribution is 6.64. The number of rotatable bonds is 9. The molecule has 1 saturated heterocycles. The molecule has 8 aromatic rings. The second-order valence-corrected chi connectivity index (χ2v) is 15.8. The molecule has 294 valence electrons. The Morgan fingerprint density at radius 2 is 0.783 bits per heavy atom. The van der Waals surface area contributed by atoms with Crippen LogP contribution in [0.2, 0.25) is 0 Å². The third kappa shape index (κ3) is 7.73. The van der Waals surface area contributed by atoms with Crippen molar-refractivity contribution in [2.75, 3.05) is 4.90 Å². The molecular weight excluding hydrogens is 749 g/mol. The van der Waals surface area contributed by atoms with Crippen LogP contribution >= 0.6 is 0 Å². The Labute approximate surface area is 349 Å².